The molecule has 6 nitrogen and oxygen atoms in total. The molecule has 2 aromatic rings. The molecule has 0 radical (unpaired) electrons. The number of para-hydroxylation sites is 1. The summed E-state index contributed by atoms with van der Waals surface area (Å²) in [5.74, 6) is 1.45. The van der Waals surface area contributed by atoms with E-state index in [1.165, 1.54) is 0 Å². The molecule has 0 N–H and O–H groups in total. The fourth-order valence-corrected chi connectivity index (χ4v) is 3.25. The lowest BCUT2D eigenvalue weighted by molar-refractivity contribution is -0.131. The van der Waals surface area contributed by atoms with Gasteiger partial charge in [0, 0.05) is 38.9 Å². The number of benzene rings is 1. The van der Waals surface area contributed by atoms with Crippen molar-refractivity contribution >= 4 is 17.5 Å². The molecule has 6 heteroatoms. The smallest absolute Gasteiger partial charge is 0.257 e. The summed E-state index contributed by atoms with van der Waals surface area (Å²) in [4.78, 5) is 30.7. The molecule has 2 amide bonds. The van der Waals surface area contributed by atoms with Crippen LogP contribution in [0.25, 0.3) is 0 Å². The Balaban J connectivity index is 1.54. The zero-order valence-electron chi connectivity index (χ0n) is 15.6. The summed E-state index contributed by atoms with van der Waals surface area (Å²) < 4.78 is 5.45. The Morgan fingerprint density at radius 3 is 2.23 bits per heavy atom. The van der Waals surface area contributed by atoms with Crippen molar-refractivity contribution in [1.29, 1.82) is 0 Å². The molecule has 1 aliphatic heterocycles. The maximum absolute atomic E-state index is 12.6. The third-order valence-electron chi connectivity index (χ3n) is 4.76. The highest BCUT2D eigenvalue weighted by molar-refractivity contribution is 5.95. The lowest BCUT2D eigenvalue weighted by Crippen LogP contribution is -2.52. The van der Waals surface area contributed by atoms with Crippen molar-refractivity contribution in [3.8, 4) is 0 Å². The molecule has 2 heterocycles. The average Bonchev–Trinajstić information content (AvgIpc) is 3.00. The molecule has 0 saturated carbocycles. The van der Waals surface area contributed by atoms with Crippen molar-refractivity contribution < 1.29 is 14.0 Å². The molecule has 0 spiro atoms. The fourth-order valence-electron chi connectivity index (χ4n) is 3.25. The van der Waals surface area contributed by atoms with E-state index in [0.29, 0.717) is 44.0 Å². The summed E-state index contributed by atoms with van der Waals surface area (Å²) in [6, 6.07) is 11.6. The van der Waals surface area contributed by atoms with Gasteiger partial charge in [-0.05, 0) is 32.0 Å². The van der Waals surface area contributed by atoms with Crippen molar-refractivity contribution in [1.82, 2.24) is 9.80 Å². The van der Waals surface area contributed by atoms with Crippen LogP contribution >= 0.6 is 0 Å². The largest absolute Gasteiger partial charge is 0.466 e. The zero-order chi connectivity index (χ0) is 18.7. The lowest BCUT2D eigenvalue weighted by Gasteiger charge is -2.35. The summed E-state index contributed by atoms with van der Waals surface area (Å²) in [5.41, 5.74) is 1.63. The van der Waals surface area contributed by atoms with Gasteiger partial charge >= 0.3 is 0 Å². The molecule has 0 bridgehead atoms. The average molecular weight is 355 g/mol. The van der Waals surface area contributed by atoms with Crippen molar-refractivity contribution in [2.45, 2.75) is 13.8 Å². The Morgan fingerprint density at radius 1 is 1.04 bits per heavy atom. The van der Waals surface area contributed by atoms with Gasteiger partial charge < -0.3 is 19.1 Å². The highest BCUT2D eigenvalue weighted by Crippen LogP contribution is 2.17. The maximum Gasteiger partial charge on any atom is 0.257 e. The van der Waals surface area contributed by atoms with Gasteiger partial charge in [0.15, 0.2) is 0 Å². The SMILES string of the molecule is Cc1cc(C(=O)N2CCN(C(=O)CN(C)c3ccccc3)CC2)c(C)o1. The number of amides is 2. The minimum absolute atomic E-state index is 0.0205. The molecule has 3 rings (SSSR count). The lowest BCUT2D eigenvalue weighted by atomic mass is 10.2. The van der Waals surface area contributed by atoms with Gasteiger partial charge in [0.25, 0.3) is 5.91 Å². The number of rotatable bonds is 4. The number of aryl methyl sites for hydroxylation is 2. The molecule has 0 aliphatic carbocycles. The quantitative estimate of drug-likeness (QED) is 0.845. The molecule has 1 fully saturated rings. The second-order valence-corrected chi connectivity index (χ2v) is 6.69. The molecule has 1 aromatic heterocycles. The normalized spacial score (nSPS) is 14.4. The van der Waals surface area contributed by atoms with Crippen molar-refractivity contribution in [3.05, 3.63) is 53.5 Å². The van der Waals surface area contributed by atoms with E-state index in [4.69, 9.17) is 4.42 Å². The molecule has 1 saturated heterocycles. The molecule has 1 aliphatic rings. The Bertz CT molecular complexity index is 777. The zero-order valence-corrected chi connectivity index (χ0v) is 15.6. The van der Waals surface area contributed by atoms with E-state index in [0.717, 1.165) is 11.4 Å². The first-order chi connectivity index (χ1) is 12.5. The summed E-state index contributed by atoms with van der Waals surface area (Å²) in [5, 5.41) is 0. The van der Waals surface area contributed by atoms with E-state index >= 15 is 0 Å². The molecular weight excluding hydrogens is 330 g/mol. The van der Waals surface area contributed by atoms with E-state index in [2.05, 4.69) is 0 Å². The number of hydrogen-bond acceptors (Lipinski definition) is 4. The number of carbonyl (C=O) groups excluding carboxylic acids is 2. The van der Waals surface area contributed by atoms with Crippen LogP contribution in [-0.4, -0.2) is 61.4 Å². The Labute approximate surface area is 154 Å². The van der Waals surface area contributed by atoms with Gasteiger partial charge in [-0.3, -0.25) is 9.59 Å². The van der Waals surface area contributed by atoms with E-state index in [-0.39, 0.29) is 11.8 Å². The predicted octanol–water partition coefficient (Wildman–Crippen LogP) is 2.32. The van der Waals surface area contributed by atoms with Crippen molar-refractivity contribution in [3.63, 3.8) is 0 Å². The highest BCUT2D eigenvalue weighted by Gasteiger charge is 2.27. The minimum atomic E-state index is -0.0205. The number of piperazine rings is 1. The minimum Gasteiger partial charge on any atom is -0.466 e. The van der Waals surface area contributed by atoms with Crippen LogP contribution in [0, 0.1) is 13.8 Å². The first-order valence-corrected chi connectivity index (χ1v) is 8.86. The van der Waals surface area contributed by atoms with Gasteiger partial charge in [-0.2, -0.15) is 0 Å². The number of likely N-dealkylation sites (N-methyl/N-ethyl adjacent to an activating group) is 1. The van der Waals surface area contributed by atoms with Gasteiger partial charge in [-0.25, -0.2) is 0 Å². The summed E-state index contributed by atoms with van der Waals surface area (Å²) in [7, 11) is 1.91. The Hall–Kier alpha value is -2.76. The number of carbonyl (C=O) groups is 2. The van der Waals surface area contributed by atoms with Crippen LogP contribution in [0.2, 0.25) is 0 Å². The third-order valence-corrected chi connectivity index (χ3v) is 4.76. The Kier molecular flexibility index (Phi) is 5.30. The van der Waals surface area contributed by atoms with Crippen LogP contribution in [0.15, 0.2) is 40.8 Å². The topological polar surface area (TPSA) is 57.0 Å². The first-order valence-electron chi connectivity index (χ1n) is 8.86. The fraction of sp³-hybridized carbons (Fsp3) is 0.400. The summed E-state index contributed by atoms with van der Waals surface area (Å²) in [6.07, 6.45) is 0. The molecule has 1 aromatic carbocycles. The van der Waals surface area contributed by atoms with E-state index < -0.39 is 0 Å². The van der Waals surface area contributed by atoms with E-state index in [1.807, 2.05) is 54.1 Å². The molecular formula is C20H25N3O3. The van der Waals surface area contributed by atoms with Crippen LogP contribution < -0.4 is 4.90 Å². The van der Waals surface area contributed by atoms with Crippen LogP contribution in [0.5, 0.6) is 0 Å². The first kappa shape index (κ1) is 18.0. The summed E-state index contributed by atoms with van der Waals surface area (Å²) >= 11 is 0. The van der Waals surface area contributed by atoms with Gasteiger partial charge in [0.05, 0.1) is 12.1 Å². The van der Waals surface area contributed by atoms with Crippen LogP contribution in [0.3, 0.4) is 0 Å². The number of anilines is 1. The van der Waals surface area contributed by atoms with Crippen LogP contribution in [0.4, 0.5) is 5.69 Å². The summed E-state index contributed by atoms with van der Waals surface area (Å²) in [6.45, 7) is 6.18. The third kappa shape index (κ3) is 3.90. The highest BCUT2D eigenvalue weighted by atomic mass is 16.3. The maximum atomic E-state index is 12.6. The number of hydrogen-bond donors (Lipinski definition) is 0. The monoisotopic (exact) mass is 355 g/mol. The second kappa shape index (κ2) is 7.64. The number of nitrogens with zero attached hydrogens (tertiary/aromatic N) is 3. The second-order valence-electron chi connectivity index (χ2n) is 6.69. The van der Waals surface area contributed by atoms with Gasteiger partial charge in [0.2, 0.25) is 5.91 Å². The van der Waals surface area contributed by atoms with Crippen LogP contribution in [-0.2, 0) is 4.79 Å². The Morgan fingerprint density at radius 2 is 1.65 bits per heavy atom. The predicted molar refractivity (Wildman–Crippen MR) is 100 cm³/mol. The van der Waals surface area contributed by atoms with Gasteiger partial charge in [-0.15, -0.1) is 0 Å². The number of furan rings is 1. The van der Waals surface area contributed by atoms with Crippen LogP contribution in [0.1, 0.15) is 21.9 Å². The van der Waals surface area contributed by atoms with Gasteiger partial charge in [-0.1, -0.05) is 18.2 Å². The molecule has 138 valence electrons. The van der Waals surface area contributed by atoms with Crippen molar-refractivity contribution in [2.75, 3.05) is 44.7 Å². The van der Waals surface area contributed by atoms with E-state index in [9.17, 15) is 9.59 Å². The standard InChI is InChI=1S/C20H25N3O3/c1-15-13-18(16(2)26-15)20(25)23-11-9-22(10-12-23)19(24)14-21(3)17-7-5-4-6-8-17/h4-8,13H,9-12,14H2,1-3H3. The van der Waals surface area contributed by atoms with Crippen molar-refractivity contribution in [2.24, 2.45) is 0 Å². The molecule has 26 heavy (non-hydrogen) atoms. The van der Waals surface area contributed by atoms with Gasteiger partial charge in [0.1, 0.15) is 11.5 Å². The van der Waals surface area contributed by atoms with E-state index in [1.54, 1.807) is 17.9 Å². The molecule has 0 atom stereocenters. The molecule has 0 unspecified atom stereocenters.